The lowest BCUT2D eigenvalue weighted by Gasteiger charge is -2.43. The number of hydrogen-bond acceptors (Lipinski definition) is 5. The maximum absolute atomic E-state index is 12.1. The van der Waals surface area contributed by atoms with E-state index in [1.807, 2.05) is 31.7 Å². The number of fused-ring (bicyclic) bond motifs is 1. The third-order valence-electron chi connectivity index (χ3n) is 6.17. The monoisotopic (exact) mass is 365 g/mol. The first-order valence-corrected chi connectivity index (χ1v) is 9.33. The maximum atomic E-state index is 12.1. The van der Waals surface area contributed by atoms with Gasteiger partial charge in [-0.05, 0) is 18.9 Å². The quantitative estimate of drug-likeness (QED) is 0.648. The SMILES string of the molecule is Cn1cc(-c2cc3c(N[C@@H]4CNCC45CCC5)c(C(N)=O)cnn3c2)cn1. The summed E-state index contributed by atoms with van der Waals surface area (Å²) in [6.07, 6.45) is 11.0. The summed E-state index contributed by atoms with van der Waals surface area (Å²) >= 11 is 0. The molecule has 8 nitrogen and oxygen atoms in total. The highest BCUT2D eigenvalue weighted by molar-refractivity contribution is 6.02. The molecule has 0 radical (unpaired) electrons. The highest BCUT2D eigenvalue weighted by Gasteiger charge is 2.47. The summed E-state index contributed by atoms with van der Waals surface area (Å²) in [6.45, 7) is 1.92. The number of aromatic nitrogens is 4. The minimum atomic E-state index is -0.467. The Morgan fingerprint density at radius 2 is 2.15 bits per heavy atom. The molecule has 0 unspecified atom stereocenters. The van der Waals surface area contributed by atoms with Gasteiger partial charge in [0.25, 0.3) is 5.91 Å². The third kappa shape index (κ3) is 2.51. The lowest BCUT2D eigenvalue weighted by molar-refractivity contribution is 0.1000. The zero-order valence-electron chi connectivity index (χ0n) is 15.3. The maximum Gasteiger partial charge on any atom is 0.252 e. The molecule has 3 aromatic heterocycles. The first kappa shape index (κ1) is 16.3. The second-order valence-electron chi connectivity index (χ2n) is 7.80. The second kappa shape index (κ2) is 5.82. The van der Waals surface area contributed by atoms with E-state index < -0.39 is 5.91 Å². The van der Waals surface area contributed by atoms with Crippen molar-refractivity contribution in [3.63, 3.8) is 0 Å². The molecule has 140 valence electrons. The molecule has 2 fully saturated rings. The predicted molar refractivity (Wildman–Crippen MR) is 102 cm³/mol. The van der Waals surface area contributed by atoms with Gasteiger partial charge in [0.05, 0.1) is 29.2 Å². The van der Waals surface area contributed by atoms with Crippen molar-refractivity contribution in [2.75, 3.05) is 18.4 Å². The van der Waals surface area contributed by atoms with E-state index in [0.29, 0.717) is 5.56 Å². The number of nitrogens with two attached hydrogens (primary N) is 1. The number of anilines is 1. The molecule has 1 amide bonds. The van der Waals surface area contributed by atoms with E-state index in [0.717, 1.165) is 35.4 Å². The first-order chi connectivity index (χ1) is 13.1. The lowest BCUT2D eigenvalue weighted by atomic mass is 9.65. The van der Waals surface area contributed by atoms with Crippen molar-refractivity contribution in [1.29, 1.82) is 0 Å². The van der Waals surface area contributed by atoms with Gasteiger partial charge in [-0.3, -0.25) is 9.48 Å². The normalized spacial score (nSPS) is 20.9. The van der Waals surface area contributed by atoms with Crippen molar-refractivity contribution in [1.82, 2.24) is 24.7 Å². The standard InChI is InChI=1S/C19H23N7O/c1-25-9-13(6-22-25)12-5-15-17(14(18(20)27)7-23-26(15)10-12)24-16-8-21-11-19(16)3-2-4-19/h5-7,9-10,16,21,24H,2-4,8,11H2,1H3,(H2,20,27)/t16-/m1/s1. The number of hydrogen-bond donors (Lipinski definition) is 3. The molecular weight excluding hydrogens is 342 g/mol. The van der Waals surface area contributed by atoms with E-state index in [4.69, 9.17) is 5.73 Å². The van der Waals surface area contributed by atoms with Gasteiger partial charge < -0.3 is 16.4 Å². The predicted octanol–water partition coefficient (Wildman–Crippen LogP) is 1.39. The van der Waals surface area contributed by atoms with Crippen molar-refractivity contribution >= 4 is 17.1 Å². The van der Waals surface area contributed by atoms with Crippen LogP contribution in [0.5, 0.6) is 0 Å². The number of aryl methyl sites for hydroxylation is 1. The zero-order chi connectivity index (χ0) is 18.6. The van der Waals surface area contributed by atoms with Crippen LogP contribution in [0, 0.1) is 5.41 Å². The highest BCUT2D eigenvalue weighted by atomic mass is 16.1. The molecule has 8 heteroatoms. The molecule has 1 saturated carbocycles. The minimum Gasteiger partial charge on any atom is -0.378 e. The van der Waals surface area contributed by atoms with Gasteiger partial charge >= 0.3 is 0 Å². The van der Waals surface area contributed by atoms with Crippen molar-refractivity contribution in [3.05, 3.63) is 36.4 Å². The van der Waals surface area contributed by atoms with Crippen LogP contribution in [0.15, 0.2) is 30.9 Å². The molecule has 27 heavy (non-hydrogen) atoms. The Morgan fingerprint density at radius 3 is 2.81 bits per heavy atom. The summed E-state index contributed by atoms with van der Waals surface area (Å²) in [5, 5.41) is 15.8. The van der Waals surface area contributed by atoms with E-state index in [9.17, 15) is 4.79 Å². The molecule has 4 N–H and O–H groups in total. The fraction of sp³-hybridized carbons (Fsp3) is 0.421. The van der Waals surface area contributed by atoms with Crippen molar-refractivity contribution in [3.8, 4) is 11.1 Å². The molecule has 1 aliphatic heterocycles. The molecule has 4 heterocycles. The Hall–Kier alpha value is -2.87. The minimum absolute atomic E-state index is 0.285. The van der Waals surface area contributed by atoms with Crippen LogP contribution in [0.25, 0.3) is 16.6 Å². The van der Waals surface area contributed by atoms with Gasteiger partial charge in [0.2, 0.25) is 0 Å². The Labute approximate surface area is 156 Å². The van der Waals surface area contributed by atoms with Gasteiger partial charge in [0.1, 0.15) is 0 Å². The van der Waals surface area contributed by atoms with Crippen LogP contribution in [0.2, 0.25) is 0 Å². The third-order valence-corrected chi connectivity index (χ3v) is 6.17. The van der Waals surface area contributed by atoms with Gasteiger partial charge in [0.15, 0.2) is 0 Å². The van der Waals surface area contributed by atoms with Gasteiger partial charge in [-0.25, -0.2) is 4.52 Å². The van der Waals surface area contributed by atoms with Crippen molar-refractivity contribution in [2.24, 2.45) is 18.2 Å². The van der Waals surface area contributed by atoms with Crippen LogP contribution < -0.4 is 16.4 Å². The van der Waals surface area contributed by atoms with Gasteiger partial charge in [-0.1, -0.05) is 6.42 Å². The number of primary amides is 1. The van der Waals surface area contributed by atoms with E-state index >= 15 is 0 Å². The van der Waals surface area contributed by atoms with Crippen LogP contribution in [0.4, 0.5) is 5.69 Å². The van der Waals surface area contributed by atoms with E-state index in [-0.39, 0.29) is 11.5 Å². The fourth-order valence-electron chi connectivity index (χ4n) is 4.46. The lowest BCUT2D eigenvalue weighted by Crippen LogP contribution is -2.45. The Morgan fingerprint density at radius 1 is 1.30 bits per heavy atom. The largest absolute Gasteiger partial charge is 0.378 e. The summed E-state index contributed by atoms with van der Waals surface area (Å²) in [7, 11) is 1.89. The van der Waals surface area contributed by atoms with E-state index in [1.165, 1.54) is 19.3 Å². The van der Waals surface area contributed by atoms with Gasteiger partial charge in [-0.15, -0.1) is 0 Å². The summed E-state index contributed by atoms with van der Waals surface area (Å²) in [4.78, 5) is 12.1. The summed E-state index contributed by atoms with van der Waals surface area (Å²) in [6, 6.07) is 2.32. The van der Waals surface area contributed by atoms with Crippen LogP contribution in [-0.2, 0) is 7.05 Å². The molecule has 2 aliphatic rings. The van der Waals surface area contributed by atoms with Crippen LogP contribution in [-0.4, -0.2) is 44.4 Å². The number of carbonyl (C=O) groups is 1. The Balaban J connectivity index is 1.60. The van der Waals surface area contributed by atoms with E-state index in [2.05, 4.69) is 20.8 Å². The topological polar surface area (TPSA) is 102 Å². The molecule has 1 atom stereocenters. The van der Waals surface area contributed by atoms with E-state index in [1.54, 1.807) is 15.4 Å². The van der Waals surface area contributed by atoms with Crippen molar-refractivity contribution in [2.45, 2.75) is 25.3 Å². The average Bonchev–Trinajstić information content (AvgIpc) is 3.31. The number of amides is 1. The smallest absolute Gasteiger partial charge is 0.252 e. The number of rotatable bonds is 4. The number of nitrogens with one attached hydrogen (secondary N) is 2. The first-order valence-electron chi connectivity index (χ1n) is 9.33. The zero-order valence-corrected chi connectivity index (χ0v) is 15.3. The van der Waals surface area contributed by atoms with Crippen LogP contribution >= 0.6 is 0 Å². The number of carbonyl (C=O) groups excluding carboxylic acids is 1. The van der Waals surface area contributed by atoms with Gasteiger partial charge in [-0.2, -0.15) is 10.2 Å². The molecule has 5 rings (SSSR count). The highest BCUT2D eigenvalue weighted by Crippen LogP contribution is 2.47. The molecule has 1 spiro atoms. The van der Waals surface area contributed by atoms with Crippen LogP contribution in [0.1, 0.15) is 29.6 Å². The summed E-state index contributed by atoms with van der Waals surface area (Å²) < 4.78 is 3.57. The number of nitrogens with zero attached hydrogens (tertiary/aromatic N) is 4. The molecule has 0 bridgehead atoms. The molecule has 3 aromatic rings. The summed E-state index contributed by atoms with van der Waals surface area (Å²) in [5.74, 6) is -0.467. The Kier molecular flexibility index (Phi) is 3.51. The second-order valence-corrected chi connectivity index (χ2v) is 7.80. The molecule has 1 saturated heterocycles. The summed E-state index contributed by atoms with van der Waals surface area (Å²) in [5.41, 5.74) is 10.0. The van der Waals surface area contributed by atoms with Crippen LogP contribution in [0.3, 0.4) is 0 Å². The Bertz CT molecular complexity index is 1030. The van der Waals surface area contributed by atoms with Gasteiger partial charge in [0, 0.05) is 55.1 Å². The van der Waals surface area contributed by atoms with Crippen molar-refractivity contribution < 1.29 is 4.79 Å². The molecule has 0 aromatic carbocycles. The average molecular weight is 365 g/mol. The molecular formula is C19H23N7O. The molecule has 1 aliphatic carbocycles. The fourth-order valence-corrected chi connectivity index (χ4v) is 4.46.